The van der Waals surface area contributed by atoms with Crippen molar-refractivity contribution in [3.05, 3.63) is 0 Å². The number of esters is 1. The van der Waals surface area contributed by atoms with Crippen molar-refractivity contribution in [2.24, 2.45) is 5.92 Å². The van der Waals surface area contributed by atoms with E-state index in [4.69, 9.17) is 9.84 Å². The molecule has 0 heterocycles. The van der Waals surface area contributed by atoms with Gasteiger partial charge in [-0.3, -0.25) is 4.79 Å². The van der Waals surface area contributed by atoms with Gasteiger partial charge < -0.3 is 15.2 Å². The zero-order valence-electron chi connectivity index (χ0n) is 12.7. The normalized spacial score (nSPS) is 15.8. The number of hydrogen-bond donors (Lipinski definition) is 2. The molecule has 0 aromatic rings. The summed E-state index contributed by atoms with van der Waals surface area (Å²) < 4.78 is 4.88. The molecule has 4 nitrogen and oxygen atoms in total. The van der Waals surface area contributed by atoms with Gasteiger partial charge in [-0.25, -0.2) is 0 Å². The first kappa shape index (κ1) is 18.7. The summed E-state index contributed by atoms with van der Waals surface area (Å²) >= 11 is 1.83. The lowest BCUT2D eigenvalue weighted by Crippen LogP contribution is -2.50. The average molecular weight is 291 g/mol. The summed E-state index contributed by atoms with van der Waals surface area (Å²) in [7, 11) is 1.44. The van der Waals surface area contributed by atoms with Crippen LogP contribution in [0.25, 0.3) is 0 Å². The molecule has 0 amide bonds. The van der Waals surface area contributed by atoms with Crippen LogP contribution >= 0.6 is 11.8 Å². The number of carbonyl (C=O) groups excluding carboxylic acids is 1. The third kappa shape index (κ3) is 7.80. The predicted octanol–water partition coefficient (Wildman–Crippen LogP) is 2.06. The molecule has 0 aliphatic rings. The number of nitrogens with one attached hydrogen (secondary N) is 1. The van der Waals surface area contributed by atoms with Gasteiger partial charge in [-0.1, -0.05) is 13.8 Å². The Bertz CT molecular complexity index is 251. The Balaban J connectivity index is 4.02. The Morgan fingerprint density at radius 2 is 2.21 bits per heavy atom. The lowest BCUT2D eigenvalue weighted by atomic mass is 9.96. The molecule has 5 heteroatoms. The van der Waals surface area contributed by atoms with E-state index in [9.17, 15) is 4.79 Å². The van der Waals surface area contributed by atoms with Crippen LogP contribution in [0.15, 0.2) is 0 Å². The molecular weight excluding hydrogens is 262 g/mol. The minimum Gasteiger partial charge on any atom is -0.468 e. The Labute approximate surface area is 121 Å². The van der Waals surface area contributed by atoms with Crippen LogP contribution in [0.2, 0.25) is 0 Å². The highest BCUT2D eigenvalue weighted by molar-refractivity contribution is 7.99. The number of methoxy groups -OCH3 is 1. The van der Waals surface area contributed by atoms with Crippen molar-refractivity contribution in [3.8, 4) is 0 Å². The maximum atomic E-state index is 11.8. The van der Waals surface area contributed by atoms with Gasteiger partial charge in [-0.05, 0) is 50.2 Å². The minimum atomic E-state index is -0.575. The van der Waals surface area contributed by atoms with Crippen molar-refractivity contribution < 1.29 is 14.6 Å². The molecule has 0 spiro atoms. The van der Waals surface area contributed by atoms with E-state index >= 15 is 0 Å². The summed E-state index contributed by atoms with van der Waals surface area (Å²) in [5.74, 6) is 2.13. The van der Waals surface area contributed by atoms with Gasteiger partial charge in [0.05, 0.1) is 7.11 Å². The van der Waals surface area contributed by atoms with E-state index in [1.807, 2.05) is 25.6 Å². The van der Waals surface area contributed by atoms with E-state index in [2.05, 4.69) is 12.2 Å². The molecule has 0 aromatic carbocycles. The van der Waals surface area contributed by atoms with Gasteiger partial charge >= 0.3 is 5.97 Å². The highest BCUT2D eigenvalue weighted by Crippen LogP contribution is 2.18. The third-order valence-electron chi connectivity index (χ3n) is 3.08. The molecule has 0 rings (SSSR count). The standard InChI is InChI=1S/C14H29NO3S/c1-5-8-15-14(3,13(17)18-4)7-6-9-19-11-12(2)10-16/h12,15-16H,5-11H2,1-4H3. The zero-order chi connectivity index (χ0) is 14.7. The van der Waals surface area contributed by atoms with Gasteiger partial charge in [0.25, 0.3) is 0 Å². The van der Waals surface area contributed by atoms with Crippen molar-refractivity contribution in [1.82, 2.24) is 5.32 Å². The molecule has 114 valence electrons. The van der Waals surface area contributed by atoms with E-state index in [-0.39, 0.29) is 12.6 Å². The van der Waals surface area contributed by atoms with Crippen LogP contribution in [-0.2, 0) is 9.53 Å². The third-order valence-corrected chi connectivity index (χ3v) is 4.46. The van der Waals surface area contributed by atoms with E-state index in [0.717, 1.165) is 37.3 Å². The Hall–Kier alpha value is -0.260. The summed E-state index contributed by atoms with van der Waals surface area (Å²) in [5.41, 5.74) is -0.575. The fraction of sp³-hybridized carbons (Fsp3) is 0.929. The van der Waals surface area contributed by atoms with Crippen LogP contribution in [-0.4, -0.2) is 48.4 Å². The largest absolute Gasteiger partial charge is 0.468 e. The monoisotopic (exact) mass is 291 g/mol. The van der Waals surface area contributed by atoms with Crippen molar-refractivity contribution in [1.29, 1.82) is 0 Å². The smallest absolute Gasteiger partial charge is 0.325 e. The van der Waals surface area contributed by atoms with E-state index in [1.54, 1.807) is 0 Å². The van der Waals surface area contributed by atoms with Crippen LogP contribution in [0.4, 0.5) is 0 Å². The molecular formula is C14H29NO3S. The molecule has 0 aromatic heterocycles. The second-order valence-electron chi connectivity index (χ2n) is 5.22. The molecule has 0 saturated heterocycles. The fourth-order valence-corrected chi connectivity index (χ4v) is 2.78. The molecule has 0 saturated carbocycles. The Kier molecular flexibility index (Phi) is 10.4. The summed E-state index contributed by atoms with van der Waals surface area (Å²) in [5, 5.41) is 12.2. The first-order chi connectivity index (χ1) is 9.00. The predicted molar refractivity (Wildman–Crippen MR) is 81.5 cm³/mol. The topological polar surface area (TPSA) is 58.6 Å². The van der Waals surface area contributed by atoms with Crippen LogP contribution in [0, 0.1) is 5.92 Å². The summed E-state index contributed by atoms with van der Waals surface area (Å²) in [6.45, 7) is 7.09. The lowest BCUT2D eigenvalue weighted by Gasteiger charge is -2.28. The highest BCUT2D eigenvalue weighted by Gasteiger charge is 2.32. The van der Waals surface area contributed by atoms with E-state index < -0.39 is 5.54 Å². The van der Waals surface area contributed by atoms with E-state index in [0.29, 0.717) is 5.92 Å². The number of hydrogen-bond acceptors (Lipinski definition) is 5. The first-order valence-corrected chi connectivity index (χ1v) is 8.17. The molecule has 2 unspecified atom stereocenters. The van der Waals surface area contributed by atoms with Gasteiger partial charge in [0.1, 0.15) is 5.54 Å². The molecule has 2 atom stereocenters. The van der Waals surface area contributed by atoms with Crippen molar-refractivity contribution >= 4 is 17.7 Å². The van der Waals surface area contributed by atoms with Crippen LogP contribution < -0.4 is 5.32 Å². The fourth-order valence-electron chi connectivity index (χ4n) is 1.75. The zero-order valence-corrected chi connectivity index (χ0v) is 13.5. The Morgan fingerprint density at radius 3 is 2.74 bits per heavy atom. The minimum absolute atomic E-state index is 0.185. The lowest BCUT2D eigenvalue weighted by molar-refractivity contribution is -0.148. The summed E-state index contributed by atoms with van der Waals surface area (Å²) in [4.78, 5) is 11.8. The second-order valence-corrected chi connectivity index (χ2v) is 6.37. The van der Waals surface area contributed by atoms with Crippen LogP contribution in [0.3, 0.4) is 0 Å². The number of rotatable bonds is 11. The number of thioether (sulfide) groups is 1. The highest BCUT2D eigenvalue weighted by atomic mass is 32.2. The van der Waals surface area contributed by atoms with Gasteiger partial charge in [-0.15, -0.1) is 0 Å². The molecule has 0 aliphatic carbocycles. The van der Waals surface area contributed by atoms with E-state index in [1.165, 1.54) is 7.11 Å². The van der Waals surface area contributed by atoms with Gasteiger partial charge in [0.2, 0.25) is 0 Å². The molecule has 0 fully saturated rings. The van der Waals surface area contributed by atoms with Gasteiger partial charge in [0, 0.05) is 6.61 Å². The van der Waals surface area contributed by atoms with Crippen molar-refractivity contribution in [2.75, 3.05) is 31.8 Å². The summed E-state index contributed by atoms with van der Waals surface area (Å²) in [6, 6.07) is 0. The quantitative estimate of drug-likeness (QED) is 0.451. The summed E-state index contributed by atoms with van der Waals surface area (Å²) in [6.07, 6.45) is 2.74. The van der Waals surface area contributed by atoms with Crippen molar-refractivity contribution in [2.45, 2.75) is 45.6 Å². The van der Waals surface area contributed by atoms with Gasteiger partial charge in [0.15, 0.2) is 0 Å². The molecule has 0 radical (unpaired) electrons. The molecule has 0 aliphatic heterocycles. The Morgan fingerprint density at radius 1 is 1.53 bits per heavy atom. The number of ether oxygens (including phenoxy) is 1. The number of carbonyl (C=O) groups is 1. The second kappa shape index (κ2) is 10.5. The average Bonchev–Trinajstić information content (AvgIpc) is 2.43. The maximum Gasteiger partial charge on any atom is 0.325 e. The first-order valence-electron chi connectivity index (χ1n) is 7.02. The van der Waals surface area contributed by atoms with Crippen LogP contribution in [0.1, 0.15) is 40.0 Å². The van der Waals surface area contributed by atoms with Gasteiger partial charge in [-0.2, -0.15) is 11.8 Å². The van der Waals surface area contributed by atoms with Crippen molar-refractivity contribution in [3.63, 3.8) is 0 Å². The number of aliphatic hydroxyl groups excluding tert-OH is 1. The molecule has 2 N–H and O–H groups in total. The maximum absolute atomic E-state index is 11.8. The SMILES string of the molecule is CCCNC(C)(CCCSCC(C)CO)C(=O)OC. The van der Waals surface area contributed by atoms with Crippen LogP contribution in [0.5, 0.6) is 0 Å². The number of aliphatic hydroxyl groups is 1. The molecule has 0 bridgehead atoms. The molecule has 19 heavy (non-hydrogen) atoms.